The van der Waals surface area contributed by atoms with Crippen LogP contribution in [-0.2, 0) is 10.0 Å². The maximum Gasteiger partial charge on any atom is 0.243 e. The van der Waals surface area contributed by atoms with E-state index in [-0.39, 0.29) is 10.9 Å². The van der Waals surface area contributed by atoms with Crippen molar-refractivity contribution in [2.24, 2.45) is 11.7 Å². The number of hydrogen-bond acceptors (Lipinski definition) is 3. The van der Waals surface area contributed by atoms with Gasteiger partial charge in [0.1, 0.15) is 5.82 Å². The summed E-state index contributed by atoms with van der Waals surface area (Å²) in [5.41, 5.74) is 5.65. The van der Waals surface area contributed by atoms with E-state index in [0.717, 1.165) is 25.0 Å². The largest absolute Gasteiger partial charge is 0.329 e. The fourth-order valence-corrected chi connectivity index (χ4v) is 3.50. The highest BCUT2D eigenvalue weighted by atomic mass is 32.2. The van der Waals surface area contributed by atoms with Crippen molar-refractivity contribution < 1.29 is 12.8 Å². The maximum absolute atomic E-state index is 12.8. The van der Waals surface area contributed by atoms with Gasteiger partial charge in [-0.25, -0.2) is 12.8 Å². The van der Waals surface area contributed by atoms with Gasteiger partial charge < -0.3 is 5.73 Å². The lowest BCUT2D eigenvalue weighted by Crippen LogP contribution is -2.43. The standard InChI is InChI=1S/C12H17FN2O2S/c1-15(12(8-14)9-2-3-9)18(16,17)11-6-4-10(13)5-7-11/h4-7,9,12H,2-3,8,14H2,1H3. The van der Waals surface area contributed by atoms with Gasteiger partial charge in [-0.15, -0.1) is 0 Å². The van der Waals surface area contributed by atoms with Gasteiger partial charge >= 0.3 is 0 Å². The lowest BCUT2D eigenvalue weighted by Gasteiger charge is -2.26. The molecule has 1 saturated carbocycles. The second-order valence-electron chi connectivity index (χ2n) is 4.62. The Balaban J connectivity index is 2.26. The van der Waals surface area contributed by atoms with E-state index in [9.17, 15) is 12.8 Å². The molecule has 0 aliphatic heterocycles. The summed E-state index contributed by atoms with van der Waals surface area (Å²) in [6.07, 6.45) is 2.04. The van der Waals surface area contributed by atoms with Crippen LogP contribution in [-0.4, -0.2) is 32.4 Å². The number of nitrogens with two attached hydrogens (primary N) is 1. The van der Waals surface area contributed by atoms with E-state index in [1.165, 1.54) is 23.5 Å². The summed E-state index contributed by atoms with van der Waals surface area (Å²) in [5.74, 6) is -0.0932. The molecule has 0 bridgehead atoms. The molecule has 1 aliphatic rings. The number of rotatable bonds is 5. The zero-order valence-electron chi connectivity index (χ0n) is 10.2. The third-order valence-electron chi connectivity index (χ3n) is 3.37. The van der Waals surface area contributed by atoms with Crippen LogP contribution in [0, 0.1) is 11.7 Å². The van der Waals surface area contributed by atoms with Crippen LogP contribution in [0.25, 0.3) is 0 Å². The van der Waals surface area contributed by atoms with Gasteiger partial charge in [0.2, 0.25) is 10.0 Å². The summed E-state index contributed by atoms with van der Waals surface area (Å²) >= 11 is 0. The Hall–Kier alpha value is -0.980. The Morgan fingerprint density at radius 3 is 2.39 bits per heavy atom. The molecule has 1 aromatic carbocycles. The lowest BCUT2D eigenvalue weighted by molar-refractivity contribution is 0.340. The Labute approximate surface area is 107 Å². The van der Waals surface area contributed by atoms with E-state index in [0.29, 0.717) is 12.5 Å². The molecular formula is C12H17FN2O2S. The van der Waals surface area contributed by atoms with Gasteiger partial charge in [-0.05, 0) is 43.0 Å². The molecule has 1 atom stereocenters. The molecule has 18 heavy (non-hydrogen) atoms. The van der Waals surface area contributed by atoms with Gasteiger partial charge in [-0.1, -0.05) is 0 Å². The average Bonchev–Trinajstić information content (AvgIpc) is 3.15. The molecule has 2 rings (SSSR count). The molecule has 2 N–H and O–H groups in total. The minimum absolute atomic E-state index is 0.102. The van der Waals surface area contributed by atoms with Crippen LogP contribution in [0.2, 0.25) is 0 Å². The molecule has 6 heteroatoms. The third kappa shape index (κ3) is 2.55. The van der Waals surface area contributed by atoms with E-state index >= 15 is 0 Å². The molecule has 0 amide bonds. The van der Waals surface area contributed by atoms with E-state index in [2.05, 4.69) is 0 Å². The predicted molar refractivity (Wildman–Crippen MR) is 66.9 cm³/mol. The highest BCUT2D eigenvalue weighted by Crippen LogP contribution is 2.36. The number of likely N-dealkylation sites (N-methyl/N-ethyl adjacent to an activating group) is 1. The molecule has 4 nitrogen and oxygen atoms in total. The monoisotopic (exact) mass is 272 g/mol. The van der Waals surface area contributed by atoms with Crippen molar-refractivity contribution in [2.75, 3.05) is 13.6 Å². The van der Waals surface area contributed by atoms with Gasteiger partial charge in [-0.2, -0.15) is 4.31 Å². The first-order valence-electron chi connectivity index (χ1n) is 5.90. The first-order valence-corrected chi connectivity index (χ1v) is 7.34. The van der Waals surface area contributed by atoms with Crippen LogP contribution in [0.4, 0.5) is 4.39 Å². The molecule has 0 radical (unpaired) electrons. The Bertz CT molecular complexity index is 511. The lowest BCUT2D eigenvalue weighted by atomic mass is 10.2. The van der Waals surface area contributed by atoms with Gasteiger partial charge in [0.15, 0.2) is 0 Å². The molecular weight excluding hydrogens is 255 g/mol. The molecule has 1 aliphatic carbocycles. The zero-order chi connectivity index (χ0) is 13.3. The highest BCUT2D eigenvalue weighted by Gasteiger charge is 2.38. The van der Waals surface area contributed by atoms with Crippen molar-refractivity contribution >= 4 is 10.0 Å². The van der Waals surface area contributed by atoms with Crippen molar-refractivity contribution in [2.45, 2.75) is 23.8 Å². The minimum atomic E-state index is -3.59. The number of nitrogens with zero attached hydrogens (tertiary/aromatic N) is 1. The van der Waals surface area contributed by atoms with E-state index in [1.54, 1.807) is 0 Å². The van der Waals surface area contributed by atoms with Crippen molar-refractivity contribution in [1.82, 2.24) is 4.31 Å². The molecule has 0 aromatic heterocycles. The molecule has 0 saturated heterocycles. The molecule has 0 spiro atoms. The summed E-state index contributed by atoms with van der Waals surface area (Å²) in [6, 6.07) is 4.69. The zero-order valence-corrected chi connectivity index (χ0v) is 11.0. The first kappa shape index (κ1) is 13.5. The molecule has 1 unspecified atom stereocenters. The van der Waals surface area contributed by atoms with Crippen LogP contribution in [0.5, 0.6) is 0 Å². The van der Waals surface area contributed by atoms with Gasteiger partial charge in [0.05, 0.1) is 4.90 Å². The number of sulfonamides is 1. The summed E-state index contributed by atoms with van der Waals surface area (Å²) in [7, 11) is -2.05. The van der Waals surface area contributed by atoms with Crippen LogP contribution in [0.15, 0.2) is 29.2 Å². The normalized spacial score (nSPS) is 18.0. The van der Waals surface area contributed by atoms with Gasteiger partial charge in [0.25, 0.3) is 0 Å². The Kier molecular flexibility index (Phi) is 3.70. The fraction of sp³-hybridized carbons (Fsp3) is 0.500. The Morgan fingerprint density at radius 1 is 1.39 bits per heavy atom. The molecule has 1 fully saturated rings. The van der Waals surface area contributed by atoms with Crippen LogP contribution >= 0.6 is 0 Å². The minimum Gasteiger partial charge on any atom is -0.329 e. The third-order valence-corrected chi connectivity index (χ3v) is 5.26. The van der Waals surface area contributed by atoms with E-state index in [1.807, 2.05) is 0 Å². The quantitative estimate of drug-likeness (QED) is 0.875. The van der Waals surface area contributed by atoms with Crippen LogP contribution in [0.1, 0.15) is 12.8 Å². The topological polar surface area (TPSA) is 63.4 Å². The van der Waals surface area contributed by atoms with Crippen LogP contribution < -0.4 is 5.73 Å². The molecule has 1 aromatic rings. The van der Waals surface area contributed by atoms with Crippen LogP contribution in [0.3, 0.4) is 0 Å². The molecule has 0 heterocycles. The van der Waals surface area contributed by atoms with Crippen molar-refractivity contribution in [3.63, 3.8) is 0 Å². The number of halogens is 1. The summed E-state index contributed by atoms with van der Waals surface area (Å²) in [6.45, 7) is 0.307. The Morgan fingerprint density at radius 2 is 1.94 bits per heavy atom. The second-order valence-corrected chi connectivity index (χ2v) is 6.61. The average molecular weight is 272 g/mol. The smallest absolute Gasteiger partial charge is 0.243 e. The predicted octanol–water partition coefficient (Wildman–Crippen LogP) is 1.18. The fourth-order valence-electron chi connectivity index (χ4n) is 2.07. The molecule has 100 valence electrons. The van der Waals surface area contributed by atoms with Gasteiger partial charge in [-0.3, -0.25) is 0 Å². The maximum atomic E-state index is 12.8. The first-order chi connectivity index (χ1) is 8.46. The number of benzene rings is 1. The van der Waals surface area contributed by atoms with E-state index in [4.69, 9.17) is 5.73 Å². The van der Waals surface area contributed by atoms with Gasteiger partial charge in [0, 0.05) is 19.6 Å². The van der Waals surface area contributed by atoms with Crippen molar-refractivity contribution in [3.8, 4) is 0 Å². The summed E-state index contributed by atoms with van der Waals surface area (Å²) in [5, 5.41) is 0. The summed E-state index contributed by atoms with van der Waals surface area (Å²) in [4.78, 5) is 0.102. The van der Waals surface area contributed by atoms with Crippen molar-refractivity contribution in [1.29, 1.82) is 0 Å². The van der Waals surface area contributed by atoms with E-state index < -0.39 is 15.8 Å². The second kappa shape index (κ2) is 4.95. The van der Waals surface area contributed by atoms with Crippen molar-refractivity contribution in [3.05, 3.63) is 30.1 Å². The summed E-state index contributed by atoms with van der Waals surface area (Å²) < 4.78 is 38.8. The SMILES string of the molecule is CN(C(CN)C1CC1)S(=O)(=O)c1ccc(F)cc1. The highest BCUT2D eigenvalue weighted by molar-refractivity contribution is 7.89. The number of hydrogen-bond donors (Lipinski definition) is 1.